The van der Waals surface area contributed by atoms with Gasteiger partial charge in [0.15, 0.2) is 0 Å². The lowest BCUT2D eigenvalue weighted by Gasteiger charge is -2.12. The third kappa shape index (κ3) is 1.62. The minimum absolute atomic E-state index is 1.13. The first kappa shape index (κ1) is 8.81. The summed E-state index contributed by atoms with van der Waals surface area (Å²) in [7, 11) is 4.07. The van der Waals surface area contributed by atoms with Crippen LogP contribution in [0.5, 0.6) is 0 Å². The summed E-state index contributed by atoms with van der Waals surface area (Å²) in [5.41, 5.74) is 2.34. The van der Waals surface area contributed by atoms with Crippen molar-refractivity contribution >= 4 is 5.69 Å². The van der Waals surface area contributed by atoms with Gasteiger partial charge < -0.3 is 9.47 Å². The van der Waals surface area contributed by atoms with Gasteiger partial charge >= 0.3 is 0 Å². The fourth-order valence-electron chi connectivity index (χ4n) is 1.33. The number of rotatable bonds is 2. The van der Waals surface area contributed by atoms with Crippen LogP contribution in [0.25, 0.3) is 5.69 Å². The largest absolute Gasteiger partial charge is 0.378 e. The molecule has 2 aromatic rings. The first-order valence-corrected chi connectivity index (χ1v) is 4.53. The van der Waals surface area contributed by atoms with Crippen LogP contribution in [0.4, 0.5) is 5.69 Å². The van der Waals surface area contributed by atoms with Gasteiger partial charge in [0.2, 0.25) is 0 Å². The number of nitrogens with zero attached hydrogens (tertiary/aromatic N) is 3. The van der Waals surface area contributed by atoms with Crippen molar-refractivity contribution < 1.29 is 0 Å². The summed E-state index contributed by atoms with van der Waals surface area (Å²) in [5.74, 6) is 0. The Morgan fingerprint density at radius 3 is 2.36 bits per heavy atom. The van der Waals surface area contributed by atoms with Crippen LogP contribution in [0.1, 0.15) is 0 Å². The maximum Gasteiger partial charge on any atom is 0.0991 e. The van der Waals surface area contributed by atoms with Crippen molar-refractivity contribution in [3.63, 3.8) is 0 Å². The molecule has 0 aliphatic heterocycles. The van der Waals surface area contributed by atoms with E-state index >= 15 is 0 Å². The Bertz CT molecular complexity index is 387. The van der Waals surface area contributed by atoms with Gasteiger partial charge in [0, 0.05) is 37.9 Å². The normalized spacial score (nSPS) is 10.1. The van der Waals surface area contributed by atoms with Gasteiger partial charge in [-0.3, -0.25) is 0 Å². The molecule has 0 atom stereocenters. The van der Waals surface area contributed by atoms with Gasteiger partial charge in [0.1, 0.15) is 0 Å². The molecule has 0 fully saturated rings. The minimum atomic E-state index is 1.13. The Morgan fingerprint density at radius 2 is 1.86 bits per heavy atom. The van der Waals surface area contributed by atoms with Gasteiger partial charge in [-0.2, -0.15) is 0 Å². The van der Waals surface area contributed by atoms with E-state index in [1.807, 2.05) is 24.9 Å². The molecule has 1 aromatic heterocycles. The van der Waals surface area contributed by atoms with E-state index in [1.54, 1.807) is 12.5 Å². The molecule has 1 heterocycles. The van der Waals surface area contributed by atoms with Crippen molar-refractivity contribution in [3.8, 4) is 5.69 Å². The number of benzene rings is 1. The van der Waals surface area contributed by atoms with Gasteiger partial charge in [-0.15, -0.1) is 0 Å². The van der Waals surface area contributed by atoms with Crippen molar-refractivity contribution in [2.75, 3.05) is 19.0 Å². The average molecular weight is 187 g/mol. The lowest BCUT2D eigenvalue weighted by atomic mass is 10.2. The fraction of sp³-hybridized carbons (Fsp3) is 0.182. The summed E-state index contributed by atoms with van der Waals surface area (Å²) in [6.07, 6.45) is 5.51. The van der Waals surface area contributed by atoms with Crippen molar-refractivity contribution in [1.29, 1.82) is 0 Å². The first-order chi connectivity index (χ1) is 6.77. The quantitative estimate of drug-likeness (QED) is 0.716. The molecule has 2 rings (SSSR count). The lowest BCUT2D eigenvalue weighted by molar-refractivity contribution is 1.05. The van der Waals surface area contributed by atoms with E-state index < -0.39 is 0 Å². The zero-order valence-corrected chi connectivity index (χ0v) is 8.38. The topological polar surface area (TPSA) is 21.1 Å². The molecule has 14 heavy (non-hydrogen) atoms. The maximum atomic E-state index is 4.01. The highest BCUT2D eigenvalue weighted by molar-refractivity contribution is 5.49. The molecule has 3 nitrogen and oxygen atoms in total. The smallest absolute Gasteiger partial charge is 0.0991 e. The van der Waals surface area contributed by atoms with Gasteiger partial charge in [-0.25, -0.2) is 4.98 Å². The third-order valence-corrected chi connectivity index (χ3v) is 2.17. The van der Waals surface area contributed by atoms with Crippen LogP contribution in [0, 0.1) is 0 Å². The Labute approximate surface area is 83.6 Å². The molecule has 0 aliphatic rings. The Morgan fingerprint density at radius 1 is 1.14 bits per heavy atom. The van der Waals surface area contributed by atoms with Gasteiger partial charge in [-0.1, -0.05) is 0 Å². The lowest BCUT2D eigenvalue weighted by Crippen LogP contribution is -2.08. The molecule has 0 unspecified atom stereocenters. The first-order valence-electron chi connectivity index (χ1n) is 4.53. The molecule has 0 saturated carbocycles. The zero-order valence-electron chi connectivity index (χ0n) is 8.38. The highest BCUT2D eigenvalue weighted by atomic mass is 15.1. The van der Waals surface area contributed by atoms with E-state index in [9.17, 15) is 0 Å². The Balaban J connectivity index is 2.31. The molecule has 0 amide bonds. The van der Waals surface area contributed by atoms with Crippen molar-refractivity contribution in [1.82, 2.24) is 9.55 Å². The number of anilines is 1. The molecular weight excluding hydrogens is 174 g/mol. The van der Waals surface area contributed by atoms with Crippen LogP contribution in [-0.4, -0.2) is 23.6 Å². The number of aromatic nitrogens is 2. The SMILES string of the molecule is CN(C)c1ccc(-n2ccnc2)cc1. The highest BCUT2D eigenvalue weighted by Crippen LogP contribution is 2.14. The highest BCUT2D eigenvalue weighted by Gasteiger charge is 1.96. The average Bonchev–Trinajstić information content (AvgIpc) is 2.71. The molecule has 72 valence electrons. The summed E-state index contributed by atoms with van der Waals surface area (Å²) >= 11 is 0. The molecule has 0 bridgehead atoms. The fourth-order valence-corrected chi connectivity index (χ4v) is 1.33. The molecular formula is C11H13N3. The second-order valence-corrected chi connectivity index (χ2v) is 3.38. The number of imidazole rings is 1. The summed E-state index contributed by atoms with van der Waals surface area (Å²) in [4.78, 5) is 6.09. The monoisotopic (exact) mass is 187 g/mol. The summed E-state index contributed by atoms with van der Waals surface area (Å²) in [5, 5.41) is 0. The van der Waals surface area contributed by atoms with Crippen molar-refractivity contribution in [2.24, 2.45) is 0 Å². The summed E-state index contributed by atoms with van der Waals surface area (Å²) < 4.78 is 1.99. The van der Waals surface area contributed by atoms with Crippen LogP contribution in [0.15, 0.2) is 43.0 Å². The van der Waals surface area contributed by atoms with Gasteiger partial charge in [0.25, 0.3) is 0 Å². The van der Waals surface area contributed by atoms with Crippen LogP contribution in [0.3, 0.4) is 0 Å². The second-order valence-electron chi connectivity index (χ2n) is 3.38. The van der Waals surface area contributed by atoms with E-state index in [1.165, 1.54) is 5.69 Å². The molecule has 0 N–H and O–H groups in total. The Hall–Kier alpha value is -1.77. The van der Waals surface area contributed by atoms with Gasteiger partial charge in [-0.05, 0) is 24.3 Å². The van der Waals surface area contributed by atoms with Crippen molar-refractivity contribution in [3.05, 3.63) is 43.0 Å². The maximum absolute atomic E-state index is 4.01. The predicted octanol–water partition coefficient (Wildman–Crippen LogP) is 1.94. The summed E-state index contributed by atoms with van der Waals surface area (Å²) in [6.45, 7) is 0. The van der Waals surface area contributed by atoms with E-state index in [-0.39, 0.29) is 0 Å². The van der Waals surface area contributed by atoms with Crippen LogP contribution in [-0.2, 0) is 0 Å². The van der Waals surface area contributed by atoms with Crippen molar-refractivity contribution in [2.45, 2.75) is 0 Å². The van der Waals surface area contributed by atoms with E-state index in [0.29, 0.717) is 0 Å². The minimum Gasteiger partial charge on any atom is -0.378 e. The standard InChI is InChI=1S/C11H13N3/c1-13(2)10-3-5-11(6-4-10)14-8-7-12-9-14/h3-9H,1-2H3. The third-order valence-electron chi connectivity index (χ3n) is 2.17. The summed E-state index contributed by atoms with van der Waals surface area (Å²) in [6, 6.07) is 8.35. The van der Waals surface area contributed by atoms with Crippen LogP contribution in [0.2, 0.25) is 0 Å². The molecule has 0 aliphatic carbocycles. The molecule has 0 radical (unpaired) electrons. The molecule has 0 spiro atoms. The van der Waals surface area contributed by atoms with Crippen LogP contribution >= 0.6 is 0 Å². The second kappa shape index (κ2) is 3.54. The number of hydrogen-bond acceptors (Lipinski definition) is 2. The van der Waals surface area contributed by atoms with Gasteiger partial charge in [0.05, 0.1) is 6.33 Å². The van der Waals surface area contributed by atoms with E-state index in [0.717, 1.165) is 5.69 Å². The Kier molecular flexibility index (Phi) is 2.23. The van der Waals surface area contributed by atoms with E-state index in [2.05, 4.69) is 34.1 Å². The molecule has 3 heteroatoms. The molecule has 0 saturated heterocycles. The predicted molar refractivity (Wildman–Crippen MR) is 57.9 cm³/mol. The molecule has 1 aromatic carbocycles. The zero-order chi connectivity index (χ0) is 9.97. The van der Waals surface area contributed by atoms with Crippen LogP contribution < -0.4 is 4.90 Å². The van der Waals surface area contributed by atoms with E-state index in [4.69, 9.17) is 0 Å². The number of hydrogen-bond donors (Lipinski definition) is 0.